The summed E-state index contributed by atoms with van der Waals surface area (Å²) in [6, 6.07) is 14.9. The first-order chi connectivity index (χ1) is 9.95. The molecule has 0 radical (unpaired) electrons. The number of carbonyl (C=O) groups excluding carboxylic acids is 1. The number of carbonyl (C=O) groups is 1. The van der Waals surface area contributed by atoms with E-state index >= 15 is 0 Å². The Labute approximate surface area is 124 Å². The molecule has 0 atom stereocenters. The van der Waals surface area contributed by atoms with E-state index in [0.29, 0.717) is 16.8 Å². The number of anilines is 1. The van der Waals surface area contributed by atoms with Crippen molar-refractivity contribution in [2.45, 2.75) is 19.4 Å². The zero-order chi connectivity index (χ0) is 15.5. The predicted molar refractivity (Wildman–Crippen MR) is 85.7 cm³/mol. The van der Waals surface area contributed by atoms with Crippen molar-refractivity contribution in [1.29, 1.82) is 5.41 Å². The smallest absolute Gasteiger partial charge is 0.254 e. The highest BCUT2D eigenvalue weighted by molar-refractivity contribution is 6.03. The van der Waals surface area contributed by atoms with Gasteiger partial charge in [0.1, 0.15) is 0 Å². The highest BCUT2D eigenvalue weighted by Gasteiger charge is 2.24. The van der Waals surface area contributed by atoms with Gasteiger partial charge in [0.15, 0.2) is 0 Å². The first-order valence-corrected chi connectivity index (χ1v) is 6.72. The molecule has 0 unspecified atom stereocenters. The minimum atomic E-state index is -0.508. The van der Waals surface area contributed by atoms with Gasteiger partial charge in [-0.3, -0.25) is 4.79 Å². The third kappa shape index (κ3) is 3.11. The fourth-order valence-corrected chi connectivity index (χ4v) is 2.19. The van der Waals surface area contributed by atoms with Crippen molar-refractivity contribution in [2.24, 2.45) is 0 Å². The van der Waals surface area contributed by atoms with Crippen LogP contribution >= 0.6 is 0 Å². The highest BCUT2D eigenvalue weighted by Crippen LogP contribution is 2.22. The number of nitrogens with two attached hydrogens (primary N) is 1. The van der Waals surface area contributed by atoms with Crippen LogP contribution in [0.15, 0.2) is 48.5 Å². The monoisotopic (exact) mass is 281 g/mol. The average Bonchev–Trinajstić information content (AvgIpc) is 2.48. The number of rotatable bonds is 4. The van der Waals surface area contributed by atoms with Crippen LogP contribution in [0.4, 0.5) is 5.69 Å². The molecule has 0 bridgehead atoms. The summed E-state index contributed by atoms with van der Waals surface area (Å²) in [5.74, 6) is -0.245. The van der Waals surface area contributed by atoms with Crippen LogP contribution in [0.25, 0.3) is 0 Å². The first kappa shape index (κ1) is 14.8. The van der Waals surface area contributed by atoms with Gasteiger partial charge in [-0.05, 0) is 25.5 Å². The summed E-state index contributed by atoms with van der Waals surface area (Å²) in [7, 11) is 0. The molecule has 1 amide bonds. The second kappa shape index (κ2) is 5.79. The lowest BCUT2D eigenvalue weighted by Gasteiger charge is -2.27. The molecule has 0 fully saturated rings. The van der Waals surface area contributed by atoms with E-state index < -0.39 is 5.54 Å². The quantitative estimate of drug-likeness (QED) is 0.595. The van der Waals surface area contributed by atoms with E-state index in [4.69, 9.17) is 11.1 Å². The second-order valence-corrected chi connectivity index (χ2v) is 5.40. The van der Waals surface area contributed by atoms with Gasteiger partial charge in [0.25, 0.3) is 5.91 Å². The molecular weight excluding hydrogens is 262 g/mol. The Kier molecular flexibility index (Phi) is 4.08. The van der Waals surface area contributed by atoms with Crippen LogP contribution in [0.3, 0.4) is 0 Å². The highest BCUT2D eigenvalue weighted by atomic mass is 16.1. The molecule has 0 aliphatic rings. The Bertz CT molecular complexity index is 663. The summed E-state index contributed by atoms with van der Waals surface area (Å²) in [6.45, 7) is 3.88. The van der Waals surface area contributed by atoms with Crippen molar-refractivity contribution in [3.8, 4) is 0 Å². The molecule has 2 aromatic carbocycles. The second-order valence-electron chi connectivity index (χ2n) is 5.40. The number of benzene rings is 2. The minimum Gasteiger partial charge on any atom is -0.398 e. The molecule has 4 heteroatoms. The molecule has 4 N–H and O–H groups in total. The summed E-state index contributed by atoms with van der Waals surface area (Å²) < 4.78 is 0. The van der Waals surface area contributed by atoms with E-state index in [1.54, 1.807) is 18.2 Å². The Hall–Kier alpha value is -2.62. The standard InChI is InChI=1S/C17H19N3O/c1-17(2,13-8-4-3-5-9-13)20-16(21)14-10-6-7-12(11-18)15(14)19/h3-11,18H,19H2,1-2H3,(H,20,21). The summed E-state index contributed by atoms with van der Waals surface area (Å²) in [4.78, 5) is 12.5. The average molecular weight is 281 g/mol. The maximum atomic E-state index is 12.5. The van der Waals surface area contributed by atoms with Gasteiger partial charge in [0.05, 0.1) is 16.8 Å². The van der Waals surface area contributed by atoms with E-state index in [9.17, 15) is 4.79 Å². The number of hydrogen-bond acceptors (Lipinski definition) is 3. The molecule has 2 aromatic rings. The van der Waals surface area contributed by atoms with Crippen molar-refractivity contribution >= 4 is 17.8 Å². The summed E-state index contributed by atoms with van der Waals surface area (Å²) in [5.41, 5.74) is 7.70. The lowest BCUT2D eigenvalue weighted by Crippen LogP contribution is -2.41. The van der Waals surface area contributed by atoms with E-state index in [2.05, 4.69) is 5.32 Å². The van der Waals surface area contributed by atoms with Gasteiger partial charge in [0, 0.05) is 11.8 Å². The molecule has 108 valence electrons. The number of hydrogen-bond donors (Lipinski definition) is 3. The maximum absolute atomic E-state index is 12.5. The largest absolute Gasteiger partial charge is 0.398 e. The Morgan fingerprint density at radius 3 is 2.43 bits per heavy atom. The van der Waals surface area contributed by atoms with Gasteiger partial charge < -0.3 is 16.5 Å². The number of para-hydroxylation sites is 1. The predicted octanol–water partition coefficient (Wildman–Crippen LogP) is 2.93. The molecule has 0 saturated heterocycles. The van der Waals surface area contributed by atoms with E-state index in [-0.39, 0.29) is 5.91 Å². The molecule has 0 saturated carbocycles. The molecular formula is C17H19N3O. The topological polar surface area (TPSA) is 79.0 Å². The van der Waals surface area contributed by atoms with Crippen molar-refractivity contribution in [2.75, 3.05) is 5.73 Å². The Morgan fingerprint density at radius 2 is 1.81 bits per heavy atom. The third-order valence-corrected chi connectivity index (χ3v) is 3.46. The molecule has 0 spiro atoms. The normalized spacial score (nSPS) is 11.0. The number of amides is 1. The molecule has 0 heterocycles. The lowest BCUT2D eigenvalue weighted by atomic mass is 9.93. The lowest BCUT2D eigenvalue weighted by molar-refractivity contribution is 0.0913. The summed E-state index contributed by atoms with van der Waals surface area (Å²) in [6.07, 6.45) is 1.15. The van der Waals surface area contributed by atoms with Crippen LogP contribution in [0, 0.1) is 5.41 Å². The first-order valence-electron chi connectivity index (χ1n) is 6.72. The zero-order valence-corrected chi connectivity index (χ0v) is 12.2. The van der Waals surface area contributed by atoms with E-state index in [1.165, 1.54) is 0 Å². The van der Waals surface area contributed by atoms with E-state index in [1.807, 2.05) is 44.2 Å². The van der Waals surface area contributed by atoms with E-state index in [0.717, 1.165) is 11.8 Å². The SMILES string of the molecule is CC(C)(NC(=O)c1cccc(C=N)c1N)c1ccccc1. The van der Waals surface area contributed by atoms with Crippen LogP contribution < -0.4 is 11.1 Å². The molecule has 2 rings (SSSR count). The van der Waals surface area contributed by atoms with Crippen molar-refractivity contribution in [1.82, 2.24) is 5.32 Å². The Balaban J connectivity index is 2.28. The number of nitrogen functional groups attached to an aromatic ring is 1. The van der Waals surface area contributed by atoms with Crippen LogP contribution in [-0.4, -0.2) is 12.1 Å². The van der Waals surface area contributed by atoms with Crippen LogP contribution in [0.1, 0.15) is 35.3 Å². The summed E-state index contributed by atoms with van der Waals surface area (Å²) in [5, 5.41) is 10.3. The molecule has 0 aliphatic heterocycles. The molecule has 4 nitrogen and oxygen atoms in total. The van der Waals surface area contributed by atoms with Gasteiger partial charge in [-0.1, -0.05) is 42.5 Å². The summed E-state index contributed by atoms with van der Waals surface area (Å²) >= 11 is 0. The van der Waals surface area contributed by atoms with Gasteiger partial charge in [0.2, 0.25) is 0 Å². The molecule has 0 aliphatic carbocycles. The van der Waals surface area contributed by atoms with Crippen LogP contribution in [0.2, 0.25) is 0 Å². The number of nitrogens with one attached hydrogen (secondary N) is 2. The van der Waals surface area contributed by atoms with Gasteiger partial charge in [-0.2, -0.15) is 0 Å². The van der Waals surface area contributed by atoms with Crippen molar-refractivity contribution in [3.63, 3.8) is 0 Å². The van der Waals surface area contributed by atoms with Gasteiger partial charge in [-0.25, -0.2) is 0 Å². The van der Waals surface area contributed by atoms with Crippen molar-refractivity contribution in [3.05, 3.63) is 65.2 Å². The van der Waals surface area contributed by atoms with Crippen LogP contribution in [-0.2, 0) is 5.54 Å². The fourth-order valence-electron chi connectivity index (χ4n) is 2.19. The fraction of sp³-hybridized carbons (Fsp3) is 0.176. The molecule has 0 aromatic heterocycles. The van der Waals surface area contributed by atoms with Gasteiger partial charge >= 0.3 is 0 Å². The van der Waals surface area contributed by atoms with Crippen LogP contribution in [0.5, 0.6) is 0 Å². The third-order valence-electron chi connectivity index (χ3n) is 3.46. The molecule has 21 heavy (non-hydrogen) atoms. The van der Waals surface area contributed by atoms with Gasteiger partial charge in [-0.15, -0.1) is 0 Å². The zero-order valence-electron chi connectivity index (χ0n) is 12.2. The van der Waals surface area contributed by atoms with Crippen molar-refractivity contribution < 1.29 is 4.79 Å². The maximum Gasteiger partial charge on any atom is 0.254 e. The Morgan fingerprint density at radius 1 is 1.14 bits per heavy atom. The minimum absolute atomic E-state index is 0.245.